The Morgan fingerprint density at radius 1 is 1.56 bits per heavy atom. The maximum absolute atomic E-state index is 11.8. The highest BCUT2D eigenvalue weighted by Gasteiger charge is 2.10. The van der Waals surface area contributed by atoms with Gasteiger partial charge in [-0.25, -0.2) is 0 Å². The van der Waals surface area contributed by atoms with Gasteiger partial charge in [0.05, 0.1) is 16.7 Å². The van der Waals surface area contributed by atoms with E-state index < -0.39 is 0 Å². The molecule has 0 atom stereocenters. The molecular formula is C13H19ClN2O2. The van der Waals surface area contributed by atoms with Crippen molar-refractivity contribution in [1.29, 1.82) is 0 Å². The number of pyridine rings is 1. The minimum Gasteiger partial charge on any atom is -0.379 e. The summed E-state index contributed by atoms with van der Waals surface area (Å²) in [5.74, 6) is -0.197. The molecule has 1 aromatic rings. The van der Waals surface area contributed by atoms with Crippen LogP contribution in [-0.4, -0.2) is 30.1 Å². The summed E-state index contributed by atoms with van der Waals surface area (Å²) in [6.07, 6.45) is 2.50. The molecule has 0 unspecified atom stereocenters. The van der Waals surface area contributed by atoms with Gasteiger partial charge in [0, 0.05) is 25.0 Å². The first-order valence-corrected chi connectivity index (χ1v) is 6.40. The third-order valence-corrected chi connectivity index (χ3v) is 2.61. The van der Waals surface area contributed by atoms with E-state index >= 15 is 0 Å². The van der Waals surface area contributed by atoms with Crippen LogP contribution in [0.1, 0.15) is 36.3 Å². The van der Waals surface area contributed by atoms with Crippen molar-refractivity contribution in [3.63, 3.8) is 0 Å². The Balaban J connectivity index is 2.36. The van der Waals surface area contributed by atoms with Crippen molar-refractivity contribution in [1.82, 2.24) is 10.3 Å². The average Bonchev–Trinajstić information content (AvgIpc) is 2.27. The number of nitrogens with one attached hydrogen (secondary N) is 1. The molecule has 1 heterocycles. The Bertz CT molecular complexity index is 408. The first-order chi connectivity index (χ1) is 8.50. The number of aromatic nitrogens is 1. The Kier molecular flexibility index (Phi) is 6.09. The van der Waals surface area contributed by atoms with Crippen LogP contribution >= 0.6 is 11.6 Å². The van der Waals surface area contributed by atoms with Crippen LogP contribution in [0.2, 0.25) is 5.02 Å². The maximum atomic E-state index is 11.8. The molecule has 0 aliphatic carbocycles. The van der Waals surface area contributed by atoms with Gasteiger partial charge < -0.3 is 10.1 Å². The molecule has 4 nitrogen and oxygen atoms in total. The summed E-state index contributed by atoms with van der Waals surface area (Å²) in [5, 5.41) is 3.22. The van der Waals surface area contributed by atoms with Gasteiger partial charge in [-0.05, 0) is 33.3 Å². The second kappa shape index (κ2) is 7.34. The van der Waals surface area contributed by atoms with Gasteiger partial charge in [-0.3, -0.25) is 9.78 Å². The third-order valence-electron chi connectivity index (χ3n) is 2.29. The number of hydrogen-bond donors (Lipinski definition) is 1. The second-order valence-corrected chi connectivity index (χ2v) is 4.74. The molecule has 18 heavy (non-hydrogen) atoms. The predicted octanol–water partition coefficient (Wildman–Crippen LogP) is 2.59. The van der Waals surface area contributed by atoms with Crippen molar-refractivity contribution in [2.75, 3.05) is 13.2 Å². The number of amides is 1. The predicted molar refractivity (Wildman–Crippen MR) is 72.0 cm³/mol. The molecule has 0 aromatic carbocycles. The van der Waals surface area contributed by atoms with E-state index in [0.717, 1.165) is 12.1 Å². The molecule has 0 aliphatic rings. The van der Waals surface area contributed by atoms with Crippen molar-refractivity contribution in [2.45, 2.75) is 33.3 Å². The van der Waals surface area contributed by atoms with E-state index in [1.54, 1.807) is 6.07 Å². The number of carbonyl (C=O) groups is 1. The zero-order valence-corrected chi connectivity index (χ0v) is 11.8. The highest BCUT2D eigenvalue weighted by molar-refractivity contribution is 6.33. The lowest BCUT2D eigenvalue weighted by molar-refractivity contribution is 0.0757. The van der Waals surface area contributed by atoms with Crippen LogP contribution in [0.5, 0.6) is 0 Å². The van der Waals surface area contributed by atoms with E-state index in [1.807, 2.05) is 20.8 Å². The quantitative estimate of drug-likeness (QED) is 0.809. The van der Waals surface area contributed by atoms with Crippen LogP contribution < -0.4 is 5.32 Å². The molecule has 0 saturated heterocycles. The molecule has 0 aliphatic heterocycles. The van der Waals surface area contributed by atoms with E-state index in [4.69, 9.17) is 16.3 Å². The fourth-order valence-corrected chi connectivity index (χ4v) is 1.67. The van der Waals surface area contributed by atoms with Crippen LogP contribution in [0.3, 0.4) is 0 Å². The van der Waals surface area contributed by atoms with Crippen LogP contribution in [0.15, 0.2) is 12.3 Å². The van der Waals surface area contributed by atoms with E-state index in [0.29, 0.717) is 23.7 Å². The Hall–Kier alpha value is -1.13. The Morgan fingerprint density at radius 3 is 2.89 bits per heavy atom. The van der Waals surface area contributed by atoms with E-state index in [9.17, 15) is 4.79 Å². The zero-order valence-electron chi connectivity index (χ0n) is 11.0. The molecule has 0 spiro atoms. The third kappa shape index (κ3) is 5.02. The van der Waals surface area contributed by atoms with Gasteiger partial charge in [0.1, 0.15) is 0 Å². The highest BCUT2D eigenvalue weighted by atomic mass is 35.5. The average molecular weight is 271 g/mol. The van der Waals surface area contributed by atoms with Crippen LogP contribution in [-0.2, 0) is 4.74 Å². The highest BCUT2D eigenvalue weighted by Crippen LogP contribution is 2.15. The summed E-state index contributed by atoms with van der Waals surface area (Å²) < 4.78 is 5.38. The molecule has 0 radical (unpaired) electrons. The Morgan fingerprint density at radius 2 is 2.28 bits per heavy atom. The Labute approximate surface area is 113 Å². The summed E-state index contributed by atoms with van der Waals surface area (Å²) in [7, 11) is 0. The van der Waals surface area contributed by atoms with Crippen molar-refractivity contribution >= 4 is 17.5 Å². The smallest absolute Gasteiger partial charge is 0.254 e. The molecule has 1 N–H and O–H groups in total. The minimum absolute atomic E-state index is 0.197. The first kappa shape index (κ1) is 14.9. The maximum Gasteiger partial charge on any atom is 0.254 e. The van der Waals surface area contributed by atoms with Gasteiger partial charge in [-0.15, -0.1) is 0 Å². The van der Waals surface area contributed by atoms with Gasteiger partial charge in [0.25, 0.3) is 5.91 Å². The van der Waals surface area contributed by atoms with Gasteiger partial charge >= 0.3 is 0 Å². The number of carbonyl (C=O) groups excluding carboxylic acids is 1. The van der Waals surface area contributed by atoms with Crippen molar-refractivity contribution < 1.29 is 9.53 Å². The topological polar surface area (TPSA) is 51.2 Å². The number of rotatable bonds is 6. The van der Waals surface area contributed by atoms with Crippen LogP contribution in [0.4, 0.5) is 0 Å². The van der Waals surface area contributed by atoms with Crippen molar-refractivity contribution in [3.05, 3.63) is 28.5 Å². The summed E-state index contributed by atoms with van der Waals surface area (Å²) in [6.45, 7) is 7.00. The van der Waals surface area contributed by atoms with Crippen molar-refractivity contribution in [3.8, 4) is 0 Å². The first-order valence-electron chi connectivity index (χ1n) is 6.02. The zero-order chi connectivity index (χ0) is 13.5. The summed E-state index contributed by atoms with van der Waals surface area (Å²) in [4.78, 5) is 15.9. The molecule has 0 bridgehead atoms. The fourth-order valence-electron chi connectivity index (χ4n) is 1.38. The normalized spacial score (nSPS) is 10.7. The number of aryl methyl sites for hydroxylation is 1. The number of halogens is 1. The lowest BCUT2D eigenvalue weighted by atomic mass is 10.2. The summed E-state index contributed by atoms with van der Waals surface area (Å²) in [5.41, 5.74) is 1.20. The molecule has 100 valence electrons. The van der Waals surface area contributed by atoms with Gasteiger partial charge in [0.2, 0.25) is 0 Å². The lowest BCUT2D eigenvalue weighted by Gasteiger charge is -2.09. The number of ether oxygens (including phenoxy) is 1. The molecule has 5 heteroatoms. The molecule has 1 aromatic heterocycles. The number of hydrogen-bond acceptors (Lipinski definition) is 3. The molecule has 1 amide bonds. The van der Waals surface area contributed by atoms with Crippen LogP contribution in [0, 0.1) is 6.92 Å². The van der Waals surface area contributed by atoms with Gasteiger partial charge in [-0.2, -0.15) is 0 Å². The minimum atomic E-state index is -0.197. The summed E-state index contributed by atoms with van der Waals surface area (Å²) >= 11 is 5.98. The summed E-state index contributed by atoms with van der Waals surface area (Å²) in [6, 6.07) is 1.68. The standard InChI is InChI=1S/C13H19ClN2O2/c1-9(2)18-6-4-5-15-13(17)11-8-16-10(3)7-12(11)14/h7-9H,4-6H2,1-3H3,(H,15,17). The molecule has 1 rings (SSSR count). The van der Waals surface area contributed by atoms with Crippen LogP contribution in [0.25, 0.3) is 0 Å². The fraction of sp³-hybridized carbons (Fsp3) is 0.538. The van der Waals surface area contributed by atoms with Crippen molar-refractivity contribution in [2.24, 2.45) is 0 Å². The second-order valence-electron chi connectivity index (χ2n) is 4.33. The van der Waals surface area contributed by atoms with E-state index in [1.165, 1.54) is 6.20 Å². The largest absolute Gasteiger partial charge is 0.379 e. The lowest BCUT2D eigenvalue weighted by Crippen LogP contribution is -2.26. The SMILES string of the molecule is Cc1cc(Cl)c(C(=O)NCCCOC(C)C)cn1. The number of nitrogens with zero attached hydrogens (tertiary/aromatic N) is 1. The molecular weight excluding hydrogens is 252 g/mol. The molecule has 0 fully saturated rings. The van der Waals surface area contributed by atoms with E-state index in [-0.39, 0.29) is 12.0 Å². The van der Waals surface area contributed by atoms with E-state index in [2.05, 4.69) is 10.3 Å². The molecule has 0 saturated carbocycles. The van der Waals surface area contributed by atoms with Gasteiger partial charge in [-0.1, -0.05) is 11.6 Å². The van der Waals surface area contributed by atoms with Gasteiger partial charge in [0.15, 0.2) is 0 Å². The monoisotopic (exact) mass is 270 g/mol.